The van der Waals surface area contributed by atoms with E-state index in [1.165, 1.54) is 18.0 Å². The van der Waals surface area contributed by atoms with Gasteiger partial charge in [0.05, 0.1) is 18.0 Å². The van der Waals surface area contributed by atoms with Gasteiger partial charge in [-0.25, -0.2) is 5.43 Å². The van der Waals surface area contributed by atoms with Crippen molar-refractivity contribution < 1.29 is 9.90 Å². The molecule has 184 valence electrons. The fourth-order valence-corrected chi connectivity index (χ4v) is 4.47. The van der Waals surface area contributed by atoms with E-state index >= 15 is 0 Å². The molecular formula is C26H25ClN6O2S. The average Bonchev–Trinajstić information content (AvgIpc) is 3.27. The Bertz CT molecular complexity index is 1360. The number of amides is 1. The maximum atomic E-state index is 12.7. The second kappa shape index (κ2) is 11.7. The third-order valence-corrected chi connectivity index (χ3v) is 6.55. The molecule has 8 nitrogen and oxygen atoms in total. The van der Waals surface area contributed by atoms with Crippen molar-refractivity contribution in [2.75, 3.05) is 5.32 Å². The van der Waals surface area contributed by atoms with Gasteiger partial charge in [0.25, 0.3) is 5.91 Å². The number of hydrazone groups is 1. The van der Waals surface area contributed by atoms with Gasteiger partial charge in [-0.1, -0.05) is 41.6 Å². The van der Waals surface area contributed by atoms with Gasteiger partial charge in [0.2, 0.25) is 0 Å². The molecule has 36 heavy (non-hydrogen) atoms. The van der Waals surface area contributed by atoms with Gasteiger partial charge in [-0.15, -0.1) is 10.2 Å². The summed E-state index contributed by atoms with van der Waals surface area (Å²) in [5, 5.41) is 26.3. The molecule has 0 fully saturated rings. The van der Waals surface area contributed by atoms with Crippen molar-refractivity contribution in [1.82, 2.24) is 20.2 Å². The van der Waals surface area contributed by atoms with Crippen molar-refractivity contribution >= 4 is 41.2 Å². The number of para-hydroxylation sites is 1. The molecule has 0 aliphatic heterocycles. The van der Waals surface area contributed by atoms with Crippen molar-refractivity contribution in [2.45, 2.75) is 30.8 Å². The number of aromatic hydroxyl groups is 1. The molecule has 1 heterocycles. The van der Waals surface area contributed by atoms with Gasteiger partial charge in [0.15, 0.2) is 11.0 Å². The van der Waals surface area contributed by atoms with Gasteiger partial charge in [-0.05, 0) is 79.6 Å². The standard InChI is InChI=1S/C26H25ClN6O2S/c1-17-14-20(27)10-13-23(17)28-16-24-30-32-26(33(24)21-6-4-3-5-7-21)36-18(2)25(35)31-29-15-19-8-11-22(34)12-9-19/h3-15,18,28,34H,16H2,1-2H3,(H,31,35)/b29-15+/t18-/m0/s1. The lowest BCUT2D eigenvalue weighted by atomic mass is 10.2. The Kier molecular flexibility index (Phi) is 8.24. The summed E-state index contributed by atoms with van der Waals surface area (Å²) in [7, 11) is 0. The number of rotatable bonds is 9. The summed E-state index contributed by atoms with van der Waals surface area (Å²) >= 11 is 7.37. The molecule has 4 aromatic rings. The number of phenolic OH excluding ortho intramolecular Hbond substituents is 1. The summed E-state index contributed by atoms with van der Waals surface area (Å²) in [6, 6.07) is 21.9. The van der Waals surface area contributed by atoms with Crippen LogP contribution >= 0.6 is 23.4 Å². The van der Waals surface area contributed by atoms with Crippen molar-refractivity contribution in [3.8, 4) is 11.4 Å². The van der Waals surface area contributed by atoms with E-state index in [4.69, 9.17) is 11.6 Å². The molecular weight excluding hydrogens is 496 g/mol. The van der Waals surface area contributed by atoms with E-state index in [0.29, 0.717) is 22.5 Å². The second-order valence-corrected chi connectivity index (χ2v) is 9.71. The predicted molar refractivity (Wildman–Crippen MR) is 144 cm³/mol. The fourth-order valence-electron chi connectivity index (χ4n) is 3.36. The zero-order valence-corrected chi connectivity index (χ0v) is 21.3. The minimum Gasteiger partial charge on any atom is -0.508 e. The Morgan fingerprint density at radius 1 is 1.14 bits per heavy atom. The number of carbonyl (C=O) groups is 1. The fraction of sp³-hybridized carbons (Fsp3) is 0.154. The first-order valence-electron chi connectivity index (χ1n) is 11.2. The first-order valence-corrected chi connectivity index (χ1v) is 12.4. The van der Waals surface area contributed by atoms with E-state index in [-0.39, 0.29) is 11.7 Å². The van der Waals surface area contributed by atoms with Gasteiger partial charge in [0, 0.05) is 16.4 Å². The zero-order valence-electron chi connectivity index (χ0n) is 19.7. The van der Waals surface area contributed by atoms with Gasteiger partial charge in [-0.2, -0.15) is 5.10 Å². The van der Waals surface area contributed by atoms with Crippen LogP contribution in [0.25, 0.3) is 5.69 Å². The first kappa shape index (κ1) is 25.3. The number of aryl methyl sites for hydroxylation is 1. The van der Waals surface area contributed by atoms with Crippen LogP contribution in [0.4, 0.5) is 5.69 Å². The molecule has 0 aliphatic rings. The van der Waals surface area contributed by atoms with Crippen LogP contribution < -0.4 is 10.7 Å². The molecule has 1 atom stereocenters. The lowest BCUT2D eigenvalue weighted by Crippen LogP contribution is -2.27. The third-order valence-electron chi connectivity index (χ3n) is 5.27. The summed E-state index contributed by atoms with van der Waals surface area (Å²) in [5.74, 6) is 0.603. The zero-order chi connectivity index (χ0) is 25.5. The van der Waals surface area contributed by atoms with E-state index in [9.17, 15) is 9.90 Å². The Labute approximate surface area is 218 Å². The summed E-state index contributed by atoms with van der Waals surface area (Å²) in [4.78, 5) is 12.7. The number of nitrogens with zero attached hydrogens (tertiary/aromatic N) is 4. The van der Waals surface area contributed by atoms with Crippen LogP contribution in [-0.4, -0.2) is 37.2 Å². The highest BCUT2D eigenvalue weighted by Crippen LogP contribution is 2.27. The molecule has 0 unspecified atom stereocenters. The van der Waals surface area contributed by atoms with Crippen molar-refractivity contribution in [1.29, 1.82) is 0 Å². The average molecular weight is 521 g/mol. The van der Waals surface area contributed by atoms with Crippen LogP contribution in [0.2, 0.25) is 5.02 Å². The highest BCUT2D eigenvalue weighted by Gasteiger charge is 2.21. The number of carbonyl (C=O) groups excluding carboxylic acids is 1. The topological polar surface area (TPSA) is 104 Å². The van der Waals surface area contributed by atoms with Crippen molar-refractivity contribution in [3.05, 3.63) is 94.8 Å². The molecule has 0 saturated carbocycles. The highest BCUT2D eigenvalue weighted by atomic mass is 35.5. The molecule has 0 spiro atoms. The Hall–Kier alpha value is -3.82. The summed E-state index contributed by atoms with van der Waals surface area (Å²) < 4.78 is 1.94. The van der Waals surface area contributed by atoms with E-state index in [1.807, 2.05) is 60.0 Å². The number of hydrogen-bond acceptors (Lipinski definition) is 7. The molecule has 1 amide bonds. The van der Waals surface area contributed by atoms with Crippen molar-refractivity contribution in [2.24, 2.45) is 5.10 Å². The Morgan fingerprint density at radius 3 is 2.61 bits per heavy atom. The number of anilines is 1. The predicted octanol–water partition coefficient (Wildman–Crippen LogP) is 5.18. The summed E-state index contributed by atoms with van der Waals surface area (Å²) in [5.41, 5.74) is 6.19. The smallest absolute Gasteiger partial charge is 0.253 e. The molecule has 0 radical (unpaired) electrons. The second-order valence-electron chi connectivity index (χ2n) is 7.97. The van der Waals surface area contributed by atoms with Crippen molar-refractivity contribution in [3.63, 3.8) is 0 Å². The maximum Gasteiger partial charge on any atom is 0.253 e. The highest BCUT2D eigenvalue weighted by molar-refractivity contribution is 8.00. The maximum absolute atomic E-state index is 12.7. The number of halogens is 1. The molecule has 1 aromatic heterocycles. The minimum absolute atomic E-state index is 0.168. The quantitative estimate of drug-likeness (QED) is 0.160. The lowest BCUT2D eigenvalue weighted by molar-refractivity contribution is -0.120. The molecule has 3 N–H and O–H groups in total. The van der Waals surface area contributed by atoms with Crippen LogP contribution in [0, 0.1) is 6.92 Å². The minimum atomic E-state index is -0.479. The van der Waals surface area contributed by atoms with E-state index in [0.717, 1.165) is 22.5 Å². The van der Waals surface area contributed by atoms with Crippen LogP contribution in [0.3, 0.4) is 0 Å². The summed E-state index contributed by atoms with van der Waals surface area (Å²) in [6.07, 6.45) is 1.52. The van der Waals surface area contributed by atoms with Gasteiger partial charge >= 0.3 is 0 Å². The molecule has 4 rings (SSSR count). The normalized spacial score (nSPS) is 12.0. The number of phenols is 1. The van der Waals surface area contributed by atoms with E-state index in [2.05, 4.69) is 26.0 Å². The molecule has 3 aromatic carbocycles. The number of thioether (sulfide) groups is 1. The van der Waals surface area contributed by atoms with Crippen LogP contribution in [0.15, 0.2) is 83.1 Å². The third kappa shape index (κ3) is 6.44. The molecule has 10 heteroatoms. The van der Waals surface area contributed by atoms with Gasteiger partial charge in [0.1, 0.15) is 5.75 Å². The molecule has 0 saturated heterocycles. The Morgan fingerprint density at radius 2 is 1.89 bits per heavy atom. The molecule has 0 bridgehead atoms. The van der Waals surface area contributed by atoms with Crippen LogP contribution in [0.5, 0.6) is 5.75 Å². The molecule has 0 aliphatic carbocycles. The Balaban J connectivity index is 1.48. The van der Waals surface area contributed by atoms with E-state index in [1.54, 1.807) is 31.2 Å². The van der Waals surface area contributed by atoms with Gasteiger partial charge < -0.3 is 10.4 Å². The monoisotopic (exact) mass is 520 g/mol. The first-order chi connectivity index (χ1) is 17.4. The SMILES string of the molecule is Cc1cc(Cl)ccc1NCc1nnc(S[C@@H](C)C(=O)N/N=C/c2ccc(O)cc2)n1-c1ccccc1. The van der Waals surface area contributed by atoms with E-state index < -0.39 is 5.25 Å². The van der Waals surface area contributed by atoms with Gasteiger partial charge in [-0.3, -0.25) is 9.36 Å². The summed E-state index contributed by atoms with van der Waals surface area (Å²) in [6.45, 7) is 4.21. The number of hydrogen-bond donors (Lipinski definition) is 3. The number of benzene rings is 3. The lowest BCUT2D eigenvalue weighted by Gasteiger charge is -2.14. The number of nitrogens with one attached hydrogen (secondary N) is 2. The number of aromatic nitrogens is 3. The van der Waals surface area contributed by atoms with Crippen LogP contribution in [-0.2, 0) is 11.3 Å². The largest absolute Gasteiger partial charge is 0.508 e. The van der Waals surface area contributed by atoms with Crippen LogP contribution in [0.1, 0.15) is 23.9 Å².